The summed E-state index contributed by atoms with van der Waals surface area (Å²) in [5, 5.41) is 9.94. The highest BCUT2D eigenvalue weighted by Crippen LogP contribution is 2.30. The van der Waals surface area contributed by atoms with E-state index >= 15 is 0 Å². The minimum atomic E-state index is 0.609. The van der Waals surface area contributed by atoms with Gasteiger partial charge in [0.05, 0.1) is 0 Å². The van der Waals surface area contributed by atoms with E-state index in [2.05, 4.69) is 39.9 Å². The molecular weight excluding hydrogens is 234 g/mol. The van der Waals surface area contributed by atoms with Crippen molar-refractivity contribution < 1.29 is 0 Å². The van der Waals surface area contributed by atoms with Crippen molar-refractivity contribution in [1.82, 2.24) is 10.3 Å². The summed E-state index contributed by atoms with van der Waals surface area (Å²) in [5.41, 5.74) is 1.26. The van der Waals surface area contributed by atoms with Gasteiger partial charge in [-0.15, -0.1) is 0 Å². The van der Waals surface area contributed by atoms with Gasteiger partial charge in [-0.25, -0.2) is 0 Å². The Morgan fingerprint density at radius 1 is 1.11 bits per heavy atom. The van der Waals surface area contributed by atoms with E-state index in [0.717, 1.165) is 12.1 Å². The molecule has 1 aromatic heterocycles. The van der Waals surface area contributed by atoms with Crippen LogP contribution < -0.4 is 10.6 Å². The van der Waals surface area contributed by atoms with Crippen LogP contribution in [0.5, 0.6) is 0 Å². The van der Waals surface area contributed by atoms with E-state index in [4.69, 9.17) is 0 Å². The number of anilines is 1. The standard InChI is InChI=1S/C16H19N3/c1-2-11-10-17-7-6-15(11)16(3-1)19-14-8-12-4-5-13(9-14)18-12/h1-3,6-7,10,12-14,18-19H,4-5,8-9H2. The van der Waals surface area contributed by atoms with Gasteiger partial charge in [0, 0.05) is 47.0 Å². The molecular formula is C16H19N3. The Labute approximate surface area is 113 Å². The van der Waals surface area contributed by atoms with Gasteiger partial charge in [-0.3, -0.25) is 4.98 Å². The van der Waals surface area contributed by atoms with Gasteiger partial charge in [0.2, 0.25) is 0 Å². The van der Waals surface area contributed by atoms with Crippen LogP contribution in [0.1, 0.15) is 25.7 Å². The zero-order valence-electron chi connectivity index (χ0n) is 11.0. The number of hydrogen-bond acceptors (Lipinski definition) is 3. The summed E-state index contributed by atoms with van der Waals surface area (Å²) >= 11 is 0. The van der Waals surface area contributed by atoms with Crippen LogP contribution >= 0.6 is 0 Å². The highest BCUT2D eigenvalue weighted by atomic mass is 15.0. The molecule has 2 aliphatic rings. The molecule has 4 rings (SSSR count). The van der Waals surface area contributed by atoms with Crippen molar-refractivity contribution >= 4 is 16.5 Å². The smallest absolute Gasteiger partial charge is 0.0423 e. The van der Waals surface area contributed by atoms with Gasteiger partial charge in [-0.2, -0.15) is 0 Å². The normalized spacial score (nSPS) is 29.6. The zero-order valence-corrected chi connectivity index (χ0v) is 11.0. The molecule has 2 unspecified atom stereocenters. The molecule has 3 nitrogen and oxygen atoms in total. The Bertz CT molecular complexity index is 578. The van der Waals surface area contributed by atoms with Crippen LogP contribution in [0.2, 0.25) is 0 Å². The second-order valence-electron chi connectivity index (χ2n) is 5.85. The van der Waals surface area contributed by atoms with E-state index in [1.54, 1.807) is 0 Å². The Hall–Kier alpha value is -1.61. The van der Waals surface area contributed by atoms with Crippen LogP contribution in [-0.4, -0.2) is 23.1 Å². The average Bonchev–Trinajstić information content (AvgIpc) is 2.78. The van der Waals surface area contributed by atoms with Gasteiger partial charge in [-0.1, -0.05) is 12.1 Å². The molecule has 0 spiro atoms. The zero-order chi connectivity index (χ0) is 12.7. The van der Waals surface area contributed by atoms with Gasteiger partial charge in [0.1, 0.15) is 0 Å². The van der Waals surface area contributed by atoms with Crippen molar-refractivity contribution in [2.24, 2.45) is 0 Å². The molecule has 0 radical (unpaired) electrons. The molecule has 2 N–H and O–H groups in total. The first-order valence-corrected chi connectivity index (χ1v) is 7.24. The predicted molar refractivity (Wildman–Crippen MR) is 78.3 cm³/mol. The Morgan fingerprint density at radius 3 is 2.79 bits per heavy atom. The Morgan fingerprint density at radius 2 is 1.95 bits per heavy atom. The van der Waals surface area contributed by atoms with Gasteiger partial charge in [0.15, 0.2) is 0 Å². The third-order valence-corrected chi connectivity index (χ3v) is 4.51. The molecule has 1 aromatic carbocycles. The maximum atomic E-state index is 4.20. The first-order chi connectivity index (χ1) is 9.38. The molecule has 2 bridgehead atoms. The average molecular weight is 253 g/mol. The van der Waals surface area contributed by atoms with Gasteiger partial charge in [-0.05, 0) is 37.8 Å². The summed E-state index contributed by atoms with van der Waals surface area (Å²) in [6.07, 6.45) is 9.01. The molecule has 0 amide bonds. The second kappa shape index (κ2) is 4.49. The van der Waals surface area contributed by atoms with E-state index in [1.165, 1.54) is 42.1 Å². The molecule has 3 heterocycles. The summed E-state index contributed by atoms with van der Waals surface area (Å²) in [6, 6.07) is 10.6. The van der Waals surface area contributed by atoms with E-state index in [0.29, 0.717) is 6.04 Å². The van der Waals surface area contributed by atoms with Crippen molar-refractivity contribution in [3.8, 4) is 0 Å². The molecule has 2 aromatic rings. The molecule has 98 valence electrons. The van der Waals surface area contributed by atoms with Crippen LogP contribution in [0.3, 0.4) is 0 Å². The summed E-state index contributed by atoms with van der Waals surface area (Å²) in [6.45, 7) is 0. The molecule has 0 aliphatic carbocycles. The topological polar surface area (TPSA) is 37.0 Å². The lowest BCUT2D eigenvalue weighted by molar-refractivity contribution is 0.378. The number of nitrogens with one attached hydrogen (secondary N) is 2. The fourth-order valence-corrected chi connectivity index (χ4v) is 3.64. The molecule has 0 saturated carbocycles. The highest BCUT2D eigenvalue weighted by Gasteiger charge is 2.33. The molecule has 19 heavy (non-hydrogen) atoms. The largest absolute Gasteiger partial charge is 0.382 e. The Kier molecular flexibility index (Phi) is 2.66. The van der Waals surface area contributed by atoms with Crippen molar-refractivity contribution in [3.05, 3.63) is 36.7 Å². The summed E-state index contributed by atoms with van der Waals surface area (Å²) < 4.78 is 0. The van der Waals surface area contributed by atoms with Crippen LogP contribution in [0, 0.1) is 0 Å². The number of nitrogens with zero attached hydrogens (tertiary/aromatic N) is 1. The monoisotopic (exact) mass is 253 g/mol. The predicted octanol–water partition coefficient (Wildman–Crippen LogP) is 2.93. The number of piperidine rings is 1. The van der Waals surface area contributed by atoms with E-state index in [9.17, 15) is 0 Å². The lowest BCUT2D eigenvalue weighted by Crippen LogP contribution is -2.43. The first-order valence-electron chi connectivity index (χ1n) is 7.24. The highest BCUT2D eigenvalue weighted by molar-refractivity contribution is 5.93. The van der Waals surface area contributed by atoms with Crippen molar-refractivity contribution in [2.45, 2.75) is 43.8 Å². The van der Waals surface area contributed by atoms with Gasteiger partial charge in [0.25, 0.3) is 0 Å². The minimum absolute atomic E-state index is 0.609. The number of pyridine rings is 1. The van der Waals surface area contributed by atoms with Crippen LogP contribution in [0.25, 0.3) is 10.8 Å². The second-order valence-corrected chi connectivity index (χ2v) is 5.85. The van der Waals surface area contributed by atoms with E-state index < -0.39 is 0 Å². The first kappa shape index (κ1) is 11.2. The number of aromatic nitrogens is 1. The quantitative estimate of drug-likeness (QED) is 0.864. The number of fused-ring (bicyclic) bond motifs is 3. The van der Waals surface area contributed by atoms with Crippen molar-refractivity contribution in [2.75, 3.05) is 5.32 Å². The fourth-order valence-electron chi connectivity index (χ4n) is 3.64. The molecule has 2 saturated heterocycles. The summed E-state index contributed by atoms with van der Waals surface area (Å²) in [5.74, 6) is 0. The van der Waals surface area contributed by atoms with Crippen LogP contribution in [0.4, 0.5) is 5.69 Å². The number of hydrogen-bond donors (Lipinski definition) is 2. The van der Waals surface area contributed by atoms with Crippen LogP contribution in [0.15, 0.2) is 36.7 Å². The lowest BCUT2D eigenvalue weighted by Gasteiger charge is -2.30. The minimum Gasteiger partial charge on any atom is -0.382 e. The maximum Gasteiger partial charge on any atom is 0.0423 e. The maximum absolute atomic E-state index is 4.20. The molecule has 2 aliphatic heterocycles. The third-order valence-electron chi connectivity index (χ3n) is 4.51. The molecule has 3 heteroatoms. The molecule has 2 fully saturated rings. The van der Waals surface area contributed by atoms with Gasteiger partial charge >= 0.3 is 0 Å². The van der Waals surface area contributed by atoms with Crippen LogP contribution in [-0.2, 0) is 0 Å². The SMILES string of the molecule is c1cc(NC2CC3CCC(C2)N3)c2ccncc2c1. The third kappa shape index (κ3) is 2.08. The summed E-state index contributed by atoms with van der Waals surface area (Å²) in [4.78, 5) is 4.20. The Balaban J connectivity index is 1.61. The number of rotatable bonds is 2. The summed E-state index contributed by atoms with van der Waals surface area (Å²) in [7, 11) is 0. The number of benzene rings is 1. The van der Waals surface area contributed by atoms with E-state index in [-0.39, 0.29) is 0 Å². The van der Waals surface area contributed by atoms with Crippen molar-refractivity contribution in [3.63, 3.8) is 0 Å². The molecule has 2 atom stereocenters. The fraction of sp³-hybridized carbons (Fsp3) is 0.438. The lowest BCUT2D eigenvalue weighted by atomic mass is 9.99. The van der Waals surface area contributed by atoms with E-state index in [1.807, 2.05) is 12.4 Å². The van der Waals surface area contributed by atoms with Gasteiger partial charge < -0.3 is 10.6 Å². The van der Waals surface area contributed by atoms with Crippen molar-refractivity contribution in [1.29, 1.82) is 0 Å².